The van der Waals surface area contributed by atoms with Crippen molar-refractivity contribution >= 4 is 12.1 Å². The number of hydrogen-bond acceptors (Lipinski definition) is 7. The van der Waals surface area contributed by atoms with E-state index in [9.17, 15) is 4.79 Å². The molecule has 0 saturated heterocycles. The lowest BCUT2D eigenvalue weighted by molar-refractivity contribution is -0.134. The normalized spacial score (nSPS) is 16.8. The first-order chi connectivity index (χ1) is 16.1. The average molecular weight is 448 g/mol. The number of ether oxygens (including phenoxy) is 5. The smallest absolute Gasteiger partial charge is 0.285 e. The molecule has 1 aliphatic heterocycles. The van der Waals surface area contributed by atoms with E-state index in [1.807, 2.05) is 48.5 Å². The molecule has 1 heterocycles. The Hall–Kier alpha value is -4.20. The van der Waals surface area contributed by atoms with Gasteiger partial charge < -0.3 is 23.7 Å². The summed E-state index contributed by atoms with van der Waals surface area (Å²) in [5.41, 5.74) is 4.02. The van der Waals surface area contributed by atoms with E-state index in [1.165, 1.54) is 27.5 Å². The highest BCUT2D eigenvalue weighted by molar-refractivity contribution is 5.86. The molecule has 33 heavy (non-hydrogen) atoms. The van der Waals surface area contributed by atoms with E-state index in [0.29, 0.717) is 34.3 Å². The molecule has 8 nitrogen and oxygen atoms in total. The van der Waals surface area contributed by atoms with Gasteiger partial charge in [0.25, 0.3) is 5.91 Å². The number of para-hydroxylation sites is 2. The summed E-state index contributed by atoms with van der Waals surface area (Å²) in [5.74, 6) is 2.07. The van der Waals surface area contributed by atoms with Crippen LogP contribution in [0.2, 0.25) is 0 Å². The number of nitrogens with zero attached hydrogens (tertiary/aromatic N) is 1. The molecule has 1 amide bonds. The lowest BCUT2D eigenvalue weighted by Crippen LogP contribution is -2.44. The molecule has 2 atom stereocenters. The van der Waals surface area contributed by atoms with Gasteiger partial charge in [-0.05, 0) is 29.8 Å². The van der Waals surface area contributed by atoms with Gasteiger partial charge in [-0.3, -0.25) is 4.79 Å². The largest absolute Gasteiger partial charge is 0.493 e. The summed E-state index contributed by atoms with van der Waals surface area (Å²) in [6, 6.07) is 20.1. The van der Waals surface area contributed by atoms with Gasteiger partial charge in [-0.25, -0.2) is 5.43 Å². The van der Waals surface area contributed by atoms with E-state index in [2.05, 4.69) is 10.5 Å². The molecule has 0 radical (unpaired) electrons. The van der Waals surface area contributed by atoms with Crippen LogP contribution in [0.4, 0.5) is 0 Å². The predicted octanol–water partition coefficient (Wildman–Crippen LogP) is 3.74. The van der Waals surface area contributed by atoms with Crippen LogP contribution in [0.1, 0.15) is 17.2 Å². The summed E-state index contributed by atoms with van der Waals surface area (Å²) in [6.07, 6.45) is -0.0748. The van der Waals surface area contributed by atoms with Gasteiger partial charge in [0.15, 0.2) is 29.1 Å². The second-order valence-electron chi connectivity index (χ2n) is 7.13. The number of benzene rings is 3. The van der Waals surface area contributed by atoms with Crippen molar-refractivity contribution in [1.29, 1.82) is 0 Å². The lowest BCUT2D eigenvalue weighted by atomic mass is 10.0. The highest BCUT2D eigenvalue weighted by Gasteiger charge is 2.38. The van der Waals surface area contributed by atoms with Crippen LogP contribution in [0.3, 0.4) is 0 Å². The molecule has 1 N–H and O–H groups in total. The van der Waals surface area contributed by atoms with Crippen molar-refractivity contribution in [2.24, 2.45) is 5.10 Å². The summed E-state index contributed by atoms with van der Waals surface area (Å²) < 4.78 is 28.1. The number of hydrazone groups is 1. The number of methoxy groups -OCH3 is 3. The Labute approximate surface area is 191 Å². The van der Waals surface area contributed by atoms with E-state index in [0.717, 1.165) is 5.56 Å². The van der Waals surface area contributed by atoms with Crippen LogP contribution in [0.15, 0.2) is 71.8 Å². The molecule has 1 aliphatic rings. The van der Waals surface area contributed by atoms with E-state index >= 15 is 0 Å². The van der Waals surface area contributed by atoms with Gasteiger partial charge in [0.1, 0.15) is 0 Å². The molecule has 0 aromatic heterocycles. The summed E-state index contributed by atoms with van der Waals surface area (Å²) in [5, 5.41) is 4.10. The monoisotopic (exact) mass is 448 g/mol. The fraction of sp³-hybridized carbons (Fsp3) is 0.200. The Morgan fingerprint density at radius 2 is 1.48 bits per heavy atom. The van der Waals surface area contributed by atoms with Crippen molar-refractivity contribution in [2.75, 3.05) is 21.3 Å². The van der Waals surface area contributed by atoms with Crippen LogP contribution in [-0.4, -0.2) is 39.6 Å². The summed E-state index contributed by atoms with van der Waals surface area (Å²) in [7, 11) is 4.59. The summed E-state index contributed by atoms with van der Waals surface area (Å²) >= 11 is 0. The molecule has 0 bridgehead atoms. The molecule has 0 spiro atoms. The van der Waals surface area contributed by atoms with Crippen LogP contribution >= 0.6 is 0 Å². The molecule has 3 aromatic rings. The van der Waals surface area contributed by atoms with Crippen LogP contribution < -0.4 is 29.1 Å². The average Bonchev–Trinajstić information content (AvgIpc) is 2.87. The van der Waals surface area contributed by atoms with Crippen molar-refractivity contribution in [1.82, 2.24) is 5.43 Å². The number of nitrogens with one attached hydrogen (secondary N) is 1. The zero-order valence-corrected chi connectivity index (χ0v) is 18.5. The molecule has 0 aliphatic carbocycles. The van der Waals surface area contributed by atoms with Gasteiger partial charge in [0, 0.05) is 5.56 Å². The van der Waals surface area contributed by atoms with Crippen molar-refractivity contribution in [2.45, 2.75) is 12.2 Å². The SMILES string of the molecule is COc1cc(/C=N\NC(=O)[C@H]2Oc3ccccc3O[C@H]2c2ccccc2)cc(OC)c1OC. The predicted molar refractivity (Wildman–Crippen MR) is 123 cm³/mol. The zero-order chi connectivity index (χ0) is 23.2. The number of carbonyl (C=O) groups is 1. The van der Waals surface area contributed by atoms with E-state index in [1.54, 1.807) is 18.2 Å². The van der Waals surface area contributed by atoms with E-state index in [4.69, 9.17) is 23.7 Å². The van der Waals surface area contributed by atoms with Gasteiger partial charge in [0.05, 0.1) is 27.5 Å². The van der Waals surface area contributed by atoms with Crippen LogP contribution in [0.5, 0.6) is 28.7 Å². The van der Waals surface area contributed by atoms with Gasteiger partial charge in [0.2, 0.25) is 11.9 Å². The van der Waals surface area contributed by atoms with Crippen LogP contribution in [0, 0.1) is 0 Å². The third-order valence-corrected chi connectivity index (χ3v) is 5.09. The Kier molecular flexibility index (Phi) is 6.64. The molecule has 4 rings (SSSR count). The molecule has 3 aromatic carbocycles. The third kappa shape index (κ3) is 4.69. The Balaban J connectivity index is 1.55. The topological polar surface area (TPSA) is 87.6 Å². The number of fused-ring (bicyclic) bond motifs is 1. The highest BCUT2D eigenvalue weighted by Crippen LogP contribution is 2.39. The van der Waals surface area contributed by atoms with Gasteiger partial charge in [-0.2, -0.15) is 5.10 Å². The number of hydrogen-bond donors (Lipinski definition) is 1. The quantitative estimate of drug-likeness (QED) is 0.438. The summed E-state index contributed by atoms with van der Waals surface area (Å²) in [4.78, 5) is 13.0. The number of amides is 1. The molecule has 0 fully saturated rings. The van der Waals surface area contributed by atoms with Crippen LogP contribution in [-0.2, 0) is 4.79 Å². The van der Waals surface area contributed by atoms with Gasteiger partial charge in [-0.15, -0.1) is 0 Å². The Morgan fingerprint density at radius 1 is 0.879 bits per heavy atom. The maximum atomic E-state index is 13.0. The first-order valence-corrected chi connectivity index (χ1v) is 10.2. The third-order valence-electron chi connectivity index (χ3n) is 5.09. The minimum Gasteiger partial charge on any atom is -0.493 e. The Bertz CT molecular complexity index is 1120. The van der Waals surface area contributed by atoms with Crippen molar-refractivity contribution < 1.29 is 28.5 Å². The highest BCUT2D eigenvalue weighted by atomic mass is 16.6. The van der Waals surface area contributed by atoms with E-state index < -0.39 is 18.1 Å². The van der Waals surface area contributed by atoms with Gasteiger partial charge in [-0.1, -0.05) is 42.5 Å². The first-order valence-electron chi connectivity index (χ1n) is 10.2. The molecular formula is C25H24N2O6. The minimum atomic E-state index is -0.931. The zero-order valence-electron chi connectivity index (χ0n) is 18.5. The lowest BCUT2D eigenvalue weighted by Gasteiger charge is -2.32. The molecular weight excluding hydrogens is 424 g/mol. The minimum absolute atomic E-state index is 0.443. The first kappa shape index (κ1) is 22.0. The van der Waals surface area contributed by atoms with Crippen molar-refractivity contribution in [3.8, 4) is 28.7 Å². The number of rotatable bonds is 7. The summed E-state index contributed by atoms with van der Waals surface area (Å²) in [6.45, 7) is 0. The fourth-order valence-corrected chi connectivity index (χ4v) is 3.53. The molecule has 8 heteroatoms. The molecule has 170 valence electrons. The molecule has 0 unspecified atom stereocenters. The fourth-order valence-electron chi connectivity index (χ4n) is 3.53. The van der Waals surface area contributed by atoms with Gasteiger partial charge >= 0.3 is 0 Å². The standard InChI is InChI=1S/C25H24N2O6/c1-29-20-13-16(14-21(30-2)23(20)31-3)15-26-27-25(28)24-22(17-9-5-4-6-10-17)32-18-11-7-8-12-19(18)33-24/h4-15,22,24H,1-3H3,(H,27,28)/b26-15-/t22-,24-/m0/s1. The number of carbonyl (C=O) groups excluding carboxylic acids is 1. The molecule has 0 saturated carbocycles. The van der Waals surface area contributed by atoms with E-state index in [-0.39, 0.29) is 0 Å². The van der Waals surface area contributed by atoms with Crippen LogP contribution in [0.25, 0.3) is 0 Å². The maximum Gasteiger partial charge on any atom is 0.285 e. The van der Waals surface area contributed by atoms with Crippen molar-refractivity contribution in [3.63, 3.8) is 0 Å². The maximum absolute atomic E-state index is 13.0. The Morgan fingerprint density at radius 3 is 2.09 bits per heavy atom. The second kappa shape index (κ2) is 9.95. The second-order valence-corrected chi connectivity index (χ2v) is 7.13. The van der Waals surface area contributed by atoms with Crippen molar-refractivity contribution in [3.05, 3.63) is 77.9 Å².